The molecule has 11 heteroatoms. The van der Waals surface area contributed by atoms with Crippen molar-refractivity contribution in [3.63, 3.8) is 0 Å². The Morgan fingerprint density at radius 1 is 1.08 bits per heavy atom. The average molecular weight is 371 g/mol. The van der Waals surface area contributed by atoms with E-state index in [4.69, 9.17) is 19.7 Å². The first kappa shape index (κ1) is 20.3. The lowest BCUT2D eigenvalue weighted by atomic mass is 9.96. The fraction of sp³-hybridized carbons (Fsp3) is 1.00. The minimum absolute atomic E-state index is 0.505. The second kappa shape index (κ2) is 8.56. The Balaban J connectivity index is 2.08. The highest BCUT2D eigenvalue weighted by atomic mass is 32.2. The van der Waals surface area contributed by atoms with Gasteiger partial charge in [-0.3, -0.25) is 5.32 Å². The fourth-order valence-corrected chi connectivity index (χ4v) is 4.40. The van der Waals surface area contributed by atoms with Gasteiger partial charge in [0, 0.05) is 7.11 Å². The summed E-state index contributed by atoms with van der Waals surface area (Å²) >= 11 is 1.00. The van der Waals surface area contributed by atoms with Gasteiger partial charge in [-0.05, 0) is 0 Å². The molecule has 8 N–H and O–H groups in total. The van der Waals surface area contributed by atoms with Crippen LogP contribution >= 0.6 is 11.8 Å². The molecule has 2 fully saturated rings. The van der Waals surface area contributed by atoms with Crippen molar-refractivity contribution in [1.82, 2.24) is 5.32 Å². The highest BCUT2D eigenvalue weighted by molar-refractivity contribution is 8.00. The van der Waals surface area contributed by atoms with Gasteiger partial charge in [0.15, 0.2) is 6.29 Å². The molecule has 2 aliphatic rings. The van der Waals surface area contributed by atoms with Crippen LogP contribution < -0.4 is 5.32 Å². The molecule has 0 bridgehead atoms. The van der Waals surface area contributed by atoms with Crippen molar-refractivity contribution in [2.75, 3.05) is 20.3 Å². The Morgan fingerprint density at radius 2 is 1.75 bits per heavy atom. The number of nitrogens with one attached hydrogen (secondary N) is 1. The van der Waals surface area contributed by atoms with Crippen molar-refractivity contribution in [3.8, 4) is 0 Å². The second-order valence-corrected chi connectivity index (χ2v) is 7.21. The third-order valence-electron chi connectivity index (χ3n) is 4.34. The van der Waals surface area contributed by atoms with Gasteiger partial charge in [-0.2, -0.15) is 0 Å². The molecule has 2 saturated heterocycles. The average Bonchev–Trinajstić information content (AvgIpc) is 2.87. The number of hydrogen-bond donors (Lipinski definition) is 8. The van der Waals surface area contributed by atoms with Gasteiger partial charge in [0.25, 0.3) is 0 Å². The van der Waals surface area contributed by atoms with E-state index in [0.717, 1.165) is 11.8 Å². The number of ether oxygens (including phenoxy) is 2. The lowest BCUT2D eigenvalue weighted by Gasteiger charge is -2.43. The van der Waals surface area contributed by atoms with Crippen molar-refractivity contribution >= 4 is 11.8 Å². The van der Waals surface area contributed by atoms with Crippen LogP contribution in [0.5, 0.6) is 0 Å². The van der Waals surface area contributed by atoms with Crippen LogP contribution in [-0.2, 0) is 9.47 Å². The zero-order valence-corrected chi connectivity index (χ0v) is 13.9. The van der Waals surface area contributed by atoms with Crippen molar-refractivity contribution in [1.29, 1.82) is 0 Å². The minimum atomic E-state index is -1.37. The molecule has 10 atom stereocenters. The Morgan fingerprint density at radius 3 is 2.29 bits per heavy atom. The van der Waals surface area contributed by atoms with Crippen LogP contribution in [-0.4, -0.2) is 116 Å². The summed E-state index contributed by atoms with van der Waals surface area (Å²) in [4.78, 5) is 0. The van der Waals surface area contributed by atoms with Gasteiger partial charge in [0.1, 0.15) is 24.4 Å². The van der Waals surface area contributed by atoms with Crippen LogP contribution in [0.15, 0.2) is 0 Å². The second-order valence-electron chi connectivity index (χ2n) is 5.89. The standard InChI is InChI=1S/C13H25NO9S/c1-22-13-6(8(19)7(18)5(3-16)23-13)14-12-10(21)9(20)11(24-12)4(17)2-15/h4-21H,2-3H2,1H3/t4-,5-,6+,7-,8-,9-,10-,11+,12-,13+/m1/s1. The van der Waals surface area contributed by atoms with Gasteiger partial charge < -0.3 is 45.2 Å². The molecule has 10 nitrogen and oxygen atoms in total. The molecule has 0 saturated carbocycles. The SMILES string of the molecule is CO[C@H]1O[C@H](CO)[C@@H](O)[C@H](O)[C@@H]1N[C@@H]1S[C@@H]([C@H](O)CO)[C@H](O)[C@H]1O. The largest absolute Gasteiger partial charge is 0.394 e. The summed E-state index contributed by atoms with van der Waals surface area (Å²) in [7, 11) is 1.32. The molecule has 0 spiro atoms. The summed E-state index contributed by atoms with van der Waals surface area (Å²) in [6.45, 7) is -1.07. The van der Waals surface area contributed by atoms with Gasteiger partial charge in [-0.25, -0.2) is 0 Å². The van der Waals surface area contributed by atoms with Crippen LogP contribution in [0.4, 0.5) is 0 Å². The maximum Gasteiger partial charge on any atom is 0.175 e. The van der Waals surface area contributed by atoms with Gasteiger partial charge in [0.05, 0.1) is 42.1 Å². The first-order chi connectivity index (χ1) is 11.3. The first-order valence-electron chi connectivity index (χ1n) is 7.57. The molecule has 0 aromatic rings. The van der Waals surface area contributed by atoms with Gasteiger partial charge in [-0.1, -0.05) is 0 Å². The lowest BCUT2D eigenvalue weighted by molar-refractivity contribution is -0.264. The normalized spacial score (nSPS) is 47.8. The number of thioether (sulfide) groups is 1. The van der Waals surface area contributed by atoms with E-state index in [1.807, 2.05) is 0 Å². The van der Waals surface area contributed by atoms with E-state index >= 15 is 0 Å². The van der Waals surface area contributed by atoms with E-state index < -0.39 is 72.8 Å². The highest BCUT2D eigenvalue weighted by Gasteiger charge is 2.50. The van der Waals surface area contributed by atoms with Gasteiger partial charge in [0.2, 0.25) is 0 Å². The molecular weight excluding hydrogens is 346 g/mol. The van der Waals surface area contributed by atoms with Crippen LogP contribution in [0, 0.1) is 0 Å². The van der Waals surface area contributed by atoms with Gasteiger partial charge >= 0.3 is 0 Å². The predicted octanol–water partition coefficient (Wildman–Crippen LogP) is -4.45. The van der Waals surface area contributed by atoms with Crippen molar-refractivity contribution in [3.05, 3.63) is 0 Å². The summed E-state index contributed by atoms with van der Waals surface area (Å²) in [6, 6.07) is -0.947. The molecule has 0 unspecified atom stereocenters. The molecule has 142 valence electrons. The highest BCUT2D eigenvalue weighted by Crippen LogP contribution is 2.36. The van der Waals surface area contributed by atoms with Crippen molar-refractivity contribution in [2.24, 2.45) is 0 Å². The van der Waals surface area contributed by atoms with E-state index in [1.54, 1.807) is 0 Å². The lowest BCUT2D eigenvalue weighted by Crippen LogP contribution is -2.65. The van der Waals surface area contributed by atoms with Crippen molar-refractivity contribution < 1.29 is 45.2 Å². The van der Waals surface area contributed by atoms with Crippen LogP contribution in [0.25, 0.3) is 0 Å². The van der Waals surface area contributed by atoms with E-state index in [0.29, 0.717) is 0 Å². The zero-order valence-electron chi connectivity index (χ0n) is 13.0. The molecule has 2 heterocycles. The number of aliphatic hydroxyl groups excluding tert-OH is 7. The van der Waals surface area contributed by atoms with Crippen LogP contribution in [0.3, 0.4) is 0 Å². The van der Waals surface area contributed by atoms with E-state index in [-0.39, 0.29) is 0 Å². The summed E-state index contributed by atoms with van der Waals surface area (Å²) in [6.07, 6.45) is -8.53. The molecular formula is C13H25NO9S. The number of aliphatic hydroxyl groups is 7. The third-order valence-corrected chi connectivity index (χ3v) is 5.95. The molecule has 2 rings (SSSR count). The monoisotopic (exact) mass is 371 g/mol. The smallest absolute Gasteiger partial charge is 0.175 e. The van der Waals surface area contributed by atoms with Gasteiger partial charge in [-0.15, -0.1) is 11.8 Å². The quantitative estimate of drug-likeness (QED) is 0.226. The Kier molecular flexibility index (Phi) is 7.22. The molecule has 0 aromatic carbocycles. The molecule has 24 heavy (non-hydrogen) atoms. The van der Waals surface area contributed by atoms with Crippen LogP contribution in [0.2, 0.25) is 0 Å². The number of methoxy groups -OCH3 is 1. The van der Waals surface area contributed by atoms with E-state index in [1.165, 1.54) is 7.11 Å². The van der Waals surface area contributed by atoms with E-state index in [2.05, 4.69) is 5.32 Å². The number of rotatable bonds is 6. The summed E-state index contributed by atoms with van der Waals surface area (Å²) in [5.41, 5.74) is 0. The summed E-state index contributed by atoms with van der Waals surface area (Å²) in [5.74, 6) is 0. The Hall–Kier alpha value is -0.0500. The summed E-state index contributed by atoms with van der Waals surface area (Å²) < 4.78 is 10.5. The molecule has 0 amide bonds. The third kappa shape index (κ3) is 3.86. The molecule has 0 aromatic heterocycles. The van der Waals surface area contributed by atoms with Crippen LogP contribution in [0.1, 0.15) is 0 Å². The maximum absolute atomic E-state index is 10.2. The topological polar surface area (TPSA) is 172 Å². The Labute approximate surface area is 143 Å². The minimum Gasteiger partial charge on any atom is -0.394 e. The maximum atomic E-state index is 10.2. The molecule has 2 aliphatic heterocycles. The summed E-state index contributed by atoms with van der Waals surface area (Å²) in [5, 5.41) is 69.4. The fourth-order valence-electron chi connectivity index (χ4n) is 2.91. The molecule has 0 radical (unpaired) electrons. The van der Waals surface area contributed by atoms with E-state index in [9.17, 15) is 25.5 Å². The number of hydrogen-bond acceptors (Lipinski definition) is 11. The zero-order chi connectivity index (χ0) is 18.0. The first-order valence-corrected chi connectivity index (χ1v) is 8.51. The Bertz CT molecular complexity index is 404. The predicted molar refractivity (Wildman–Crippen MR) is 82.0 cm³/mol. The molecule has 0 aliphatic carbocycles. The van der Waals surface area contributed by atoms with Crippen molar-refractivity contribution in [2.45, 2.75) is 59.6 Å².